The first-order valence-electron chi connectivity index (χ1n) is 42.6. The molecular weight excluding hydrogens is 1980 g/mol. The van der Waals surface area contributed by atoms with Crippen LogP contribution < -0.4 is 51.4 Å². The highest BCUT2D eigenvalue weighted by atomic mass is 32.2. The molecule has 13 aromatic carbocycles. The van der Waals surface area contributed by atoms with Crippen molar-refractivity contribution in [1.82, 2.24) is 0 Å². The van der Waals surface area contributed by atoms with E-state index < -0.39 is 20.5 Å². The highest BCUT2D eigenvalue weighted by Crippen LogP contribution is 2.41. The molecule has 758 valence electrons. The first-order chi connectivity index (χ1) is 69.3. The molecular formula is C99H100F3N17O21S5. The molecule has 0 bridgehead atoms. The van der Waals surface area contributed by atoms with E-state index in [0.29, 0.717) is 70.1 Å². The molecule has 1 aliphatic rings. The number of rotatable bonds is 24. The van der Waals surface area contributed by atoms with Gasteiger partial charge in [0.25, 0.3) is 11.6 Å². The van der Waals surface area contributed by atoms with Crippen LogP contribution in [0.4, 0.5) is 92.8 Å². The highest BCUT2D eigenvalue weighted by Gasteiger charge is 2.37. The van der Waals surface area contributed by atoms with Crippen molar-refractivity contribution in [3.63, 3.8) is 0 Å². The number of methoxy groups -OCH3 is 2. The summed E-state index contributed by atoms with van der Waals surface area (Å²) in [6.45, 7) is 28.1. The molecule has 0 atom stereocenters. The van der Waals surface area contributed by atoms with Crippen molar-refractivity contribution in [2.45, 2.75) is 115 Å². The summed E-state index contributed by atoms with van der Waals surface area (Å²) in [6.07, 6.45) is 0. The molecule has 0 spiro atoms. The lowest BCUT2D eigenvalue weighted by molar-refractivity contribution is -0.777. The zero-order chi connectivity index (χ0) is 107. The average molecular weight is 2080 g/mol. The maximum absolute atomic E-state index is 12.0. The van der Waals surface area contributed by atoms with Gasteiger partial charge < -0.3 is 60.6 Å². The number of aryl methyl sites for hydroxylation is 13. The Bertz CT molecular complexity index is 6520. The van der Waals surface area contributed by atoms with E-state index in [0.717, 1.165) is 176 Å². The largest absolute Gasteiger partial charge is 0.741 e. The number of alkyl halides is 3. The van der Waals surface area contributed by atoms with Crippen molar-refractivity contribution < 1.29 is 109 Å². The molecule has 1 fully saturated rings. The van der Waals surface area contributed by atoms with Crippen LogP contribution in [-0.2, 0) is 52.3 Å². The zero-order valence-corrected chi connectivity index (χ0v) is 84.8. The number of carbonyl (C=O) groups is 1. The fraction of sp³-hybridized carbons (Fsp3) is 0.202. The molecule has 13 aromatic rings. The molecule has 0 aliphatic carbocycles. The molecule has 46 heteroatoms. The minimum Gasteiger partial charge on any atom is -0.741 e. The lowest BCUT2D eigenvalue weighted by atomic mass is 10.1. The van der Waals surface area contributed by atoms with E-state index >= 15 is 0 Å². The fourth-order valence-electron chi connectivity index (χ4n) is 12.4. The van der Waals surface area contributed by atoms with Crippen molar-refractivity contribution in [2.24, 2.45) is 10.2 Å². The summed E-state index contributed by atoms with van der Waals surface area (Å²) in [4.78, 5) is 43.7. The summed E-state index contributed by atoms with van der Waals surface area (Å²) >= 11 is 3.68. The molecule has 145 heavy (non-hydrogen) atoms. The van der Waals surface area contributed by atoms with Gasteiger partial charge in [-0.15, -0.1) is 0 Å². The predicted octanol–water partition coefficient (Wildman–Crippen LogP) is 25.5. The Balaban J connectivity index is 0.000000286. The Morgan fingerprint density at radius 3 is 1.23 bits per heavy atom. The number of anilines is 6. The molecule has 38 nitrogen and oxygen atoms in total. The molecule has 1 aliphatic heterocycles. The molecule has 3 N–H and O–H groups in total. The first kappa shape index (κ1) is 120. The summed E-state index contributed by atoms with van der Waals surface area (Å²) in [5, 5.41) is 123. The molecule has 0 unspecified atom stereocenters. The van der Waals surface area contributed by atoms with Crippen LogP contribution in [0.3, 0.4) is 0 Å². The van der Waals surface area contributed by atoms with Crippen molar-refractivity contribution in [3.05, 3.63) is 380 Å². The number of hydrogen-bond acceptors (Lipinski definition) is 35. The third-order valence-electron chi connectivity index (χ3n) is 19.4. The van der Waals surface area contributed by atoms with Crippen LogP contribution >= 0.6 is 48.2 Å². The van der Waals surface area contributed by atoms with Crippen LogP contribution in [-0.4, -0.2) is 69.8 Å². The number of hydrogen-bond donors (Lipinski definition) is 3. The third kappa shape index (κ3) is 43.8. The predicted molar refractivity (Wildman–Crippen MR) is 538 cm³/mol. The van der Waals surface area contributed by atoms with E-state index in [1.54, 1.807) is 81.8 Å². The number of diazo groups is 5. The Morgan fingerprint density at radius 1 is 0.428 bits per heavy atom. The molecule has 1 saturated heterocycles. The number of benzene rings is 13. The van der Waals surface area contributed by atoms with Crippen LogP contribution in [0.15, 0.2) is 297 Å². The van der Waals surface area contributed by atoms with Gasteiger partial charge in [-0.2, -0.15) is 40.7 Å². The number of azo groups is 1. The van der Waals surface area contributed by atoms with Crippen LogP contribution in [0, 0.1) is 127 Å². The quantitative estimate of drug-likeness (QED) is 0.00739. The van der Waals surface area contributed by atoms with Gasteiger partial charge in [-0.1, -0.05) is 125 Å². The van der Waals surface area contributed by atoms with Crippen LogP contribution in [0.5, 0.6) is 11.5 Å². The minimum atomic E-state index is -6.09. The molecule has 0 saturated carbocycles. The van der Waals surface area contributed by atoms with Gasteiger partial charge in [-0.25, -0.2) is 8.42 Å². The number of nitro groups is 1. The standard InChI is InChI=1S/C15H13N3O.C14H12N5O2.C13H12N3.C12H16N3O3.C12H10N3.2C9H12O3S.2C7H8O3S.CHF3O3S/c1-10-9-14(18-16)11(2)8-13(10)17-15(19)12-6-4-3-5-7-12;1-9-8-14(10(2)7-13(9)16-15)18-17-11-3-5-12(6-4-11)19(20)21;1-10-9-12(7-8-13(10)16-14)15-11-5-3-2-4-6-11;1-16-11-8-10(15-3-5-18-6-4-15)12(17-2)7-9(11)14-13;13-15-12-8-6-11(7-9-12)14-10-4-2-1-3-5-10;2*1-6-4-7(2)9(8(3)5-6)13-12-11-10;2*1-6-2-4-7(5-3-6)11-10-9-8;2-1(3,4)8(5,6)7/h3-9H,1-2H3;3-8H,1-2H3;2-9,15H,1H3;7-8H,3-6H2,1-2H3;1-9,14H;2*4-5,10H,1-3H3;2*2-5,8H,1H3;(H,5,6,7)/q;4*+1;;;;;/p-4. The van der Waals surface area contributed by atoms with Gasteiger partial charge >= 0.3 is 33.9 Å². The van der Waals surface area contributed by atoms with Gasteiger partial charge in [0.15, 0.2) is 40.7 Å². The number of carbonyl (C=O) groups excluding carboxylic acids is 1. The number of nitrogens with zero attached hydrogens (tertiary/aromatic N) is 14. The van der Waals surface area contributed by atoms with E-state index in [4.69, 9.17) is 54.1 Å². The zero-order valence-electron chi connectivity index (χ0n) is 80.7. The van der Waals surface area contributed by atoms with Crippen molar-refractivity contribution in [1.29, 1.82) is 27.0 Å². The minimum absolute atomic E-state index is 0.00915. The van der Waals surface area contributed by atoms with E-state index in [9.17, 15) is 49.1 Å². The summed E-state index contributed by atoms with van der Waals surface area (Å²) in [5.41, 5.74) is 17.5. The van der Waals surface area contributed by atoms with Gasteiger partial charge in [0.2, 0.25) is 32.7 Å². The molecule has 14 rings (SSSR count). The second kappa shape index (κ2) is 64.5. The summed E-state index contributed by atoms with van der Waals surface area (Å²) in [6, 6.07) is 81.2. The average Bonchev–Trinajstić information content (AvgIpc) is 0.804. The van der Waals surface area contributed by atoms with Crippen molar-refractivity contribution in [3.8, 4) is 11.5 Å². The number of amides is 1. The van der Waals surface area contributed by atoms with E-state index in [-0.39, 0.29) is 11.6 Å². The summed E-state index contributed by atoms with van der Waals surface area (Å²) < 4.78 is 91.6. The number of ether oxygens (including phenoxy) is 3. The Morgan fingerprint density at radius 2 is 0.828 bits per heavy atom. The normalized spacial score (nSPS) is 10.8. The van der Waals surface area contributed by atoms with E-state index in [2.05, 4.69) is 93.4 Å². The lowest BCUT2D eigenvalue weighted by Crippen LogP contribution is -2.36. The van der Waals surface area contributed by atoms with Crippen molar-refractivity contribution in [2.75, 3.05) is 61.4 Å². The number of non-ortho nitro benzene ring substituents is 1. The highest BCUT2D eigenvalue weighted by molar-refractivity contribution is 7.95. The summed E-state index contributed by atoms with van der Waals surface area (Å²) in [7, 11) is -2.96. The Kier molecular flexibility index (Phi) is 53.6. The molecule has 1 heterocycles. The molecule has 0 radical (unpaired) electrons. The van der Waals surface area contributed by atoms with Crippen LogP contribution in [0.2, 0.25) is 0 Å². The molecule has 1 amide bonds. The number of nitrogens with one attached hydrogen (secondary N) is 3. The maximum Gasteiger partial charge on any atom is 0.485 e. The van der Waals surface area contributed by atoms with Crippen molar-refractivity contribution >= 4 is 144 Å². The monoisotopic (exact) mass is 2080 g/mol. The van der Waals surface area contributed by atoms with Gasteiger partial charge in [-0.05, 0) is 233 Å². The van der Waals surface area contributed by atoms with E-state index in [1.165, 1.54) is 35.4 Å². The summed E-state index contributed by atoms with van der Waals surface area (Å²) in [5.74, 6) is 1.02. The first-order valence-corrected chi connectivity index (χ1v) is 47.0. The fourth-order valence-corrected chi connectivity index (χ4v) is 14.1. The van der Waals surface area contributed by atoms with E-state index in [1.807, 2.05) is 265 Å². The van der Waals surface area contributed by atoms with Gasteiger partial charge in [0.05, 0.1) is 104 Å². The number of nitro benzene ring substituents is 1. The second-order valence-electron chi connectivity index (χ2n) is 30.4. The van der Waals surface area contributed by atoms with Gasteiger partial charge in [0.1, 0.15) is 0 Å². The topological polar surface area (TPSA) is 516 Å². The molecule has 0 aromatic heterocycles. The third-order valence-corrected chi connectivity index (χ3v) is 23.0. The van der Waals surface area contributed by atoms with Gasteiger partial charge in [0, 0.05) is 132 Å². The van der Waals surface area contributed by atoms with Crippen LogP contribution in [0.25, 0.3) is 24.9 Å². The smallest absolute Gasteiger partial charge is 0.485 e. The van der Waals surface area contributed by atoms with Gasteiger partial charge in [-0.3, -0.25) is 35.1 Å². The number of morpholine rings is 1. The maximum atomic E-state index is 12.0. The second-order valence-corrected chi connectivity index (χ2v) is 34.7. The number of halogens is 3. The number of para-hydroxylation sites is 2. The Labute approximate surface area is 852 Å². The Hall–Kier alpha value is -15.0. The van der Waals surface area contributed by atoms with Crippen LogP contribution in [0.1, 0.15) is 82.7 Å². The lowest BCUT2D eigenvalue weighted by Gasteiger charge is -2.29. The SMILES string of the molecule is COc1cc(N2CCOCC2)c(OC)cc1[N+]#N.Cc1cc(C)c(SOO[O-])c(C)c1.Cc1cc(C)c(SOO[O-])c(C)c1.Cc1cc(NC(=O)c2ccccc2)c(C)cc1[N+]#N.Cc1cc(Nc2ccccc2)ccc1[N+]#N.Cc1cc([N+]#N)c(C)cc1N=Nc1ccc([N+](=O)[O-])cc1.Cc1ccc(SOO[O-])cc1.Cc1ccc(SOO[O-])cc1.N#[N+]c1ccc(Nc2ccccc2)cc1.O=S(=O)([O-])C(F)(F)F.